The second-order valence-electron chi connectivity index (χ2n) is 4.01. The number of anilines is 2. The van der Waals surface area contributed by atoms with Crippen molar-refractivity contribution in [2.24, 2.45) is 5.73 Å². The van der Waals surface area contributed by atoms with E-state index in [0.29, 0.717) is 0 Å². The molecule has 0 fully saturated rings. The summed E-state index contributed by atoms with van der Waals surface area (Å²) < 4.78 is 0. The third kappa shape index (κ3) is 1.55. The van der Waals surface area contributed by atoms with E-state index >= 15 is 0 Å². The smallest absolute Gasteiger partial charge is 0.0601 e. The van der Waals surface area contributed by atoms with E-state index in [-0.39, 0.29) is 6.04 Å². The first-order valence-electron chi connectivity index (χ1n) is 4.95. The van der Waals surface area contributed by atoms with Crippen LogP contribution in [0.3, 0.4) is 0 Å². The highest BCUT2D eigenvalue weighted by Gasteiger charge is 2.19. The molecule has 2 N–H and O–H groups in total. The van der Waals surface area contributed by atoms with Crippen LogP contribution in [0.4, 0.5) is 11.4 Å². The molecule has 1 aliphatic heterocycles. The van der Waals surface area contributed by atoms with E-state index in [1.54, 1.807) is 0 Å². The number of para-hydroxylation sites is 2. The molecule has 1 heterocycles. The maximum absolute atomic E-state index is 6.01. The molecule has 3 nitrogen and oxygen atoms in total. The van der Waals surface area contributed by atoms with Crippen molar-refractivity contribution in [3.05, 3.63) is 24.3 Å². The SMILES string of the molecule is CN1CC(N)CN(C)c2ccccc21. The second-order valence-corrected chi connectivity index (χ2v) is 4.01. The molecule has 0 amide bonds. The van der Waals surface area contributed by atoms with Crippen LogP contribution in [-0.2, 0) is 0 Å². The van der Waals surface area contributed by atoms with Crippen molar-refractivity contribution in [3.8, 4) is 0 Å². The van der Waals surface area contributed by atoms with E-state index in [2.05, 4.69) is 48.2 Å². The van der Waals surface area contributed by atoms with Crippen LogP contribution in [0.2, 0.25) is 0 Å². The fourth-order valence-corrected chi connectivity index (χ4v) is 2.07. The lowest BCUT2D eigenvalue weighted by molar-refractivity contribution is 0.665. The molecule has 14 heavy (non-hydrogen) atoms. The van der Waals surface area contributed by atoms with Crippen molar-refractivity contribution >= 4 is 11.4 Å². The number of nitrogens with zero attached hydrogens (tertiary/aromatic N) is 2. The fourth-order valence-electron chi connectivity index (χ4n) is 2.07. The van der Waals surface area contributed by atoms with Crippen LogP contribution in [0.1, 0.15) is 0 Å². The monoisotopic (exact) mass is 191 g/mol. The zero-order chi connectivity index (χ0) is 10.1. The van der Waals surface area contributed by atoms with Gasteiger partial charge < -0.3 is 15.5 Å². The Hall–Kier alpha value is -1.22. The Morgan fingerprint density at radius 2 is 1.50 bits per heavy atom. The van der Waals surface area contributed by atoms with Crippen molar-refractivity contribution in [2.75, 3.05) is 37.0 Å². The highest BCUT2D eigenvalue weighted by molar-refractivity contribution is 5.71. The predicted octanol–water partition coefficient (Wildman–Crippen LogP) is 0.900. The first kappa shape index (κ1) is 9.34. The molecule has 0 aromatic heterocycles. The minimum Gasteiger partial charge on any atom is -0.371 e. The molecule has 2 rings (SSSR count). The van der Waals surface area contributed by atoms with E-state index in [1.807, 2.05) is 0 Å². The van der Waals surface area contributed by atoms with Crippen molar-refractivity contribution in [1.29, 1.82) is 0 Å². The first-order chi connectivity index (χ1) is 6.68. The third-order valence-corrected chi connectivity index (χ3v) is 2.72. The molecule has 0 bridgehead atoms. The van der Waals surface area contributed by atoms with Crippen LogP contribution in [0, 0.1) is 0 Å². The number of benzene rings is 1. The molecular weight excluding hydrogens is 174 g/mol. The minimum atomic E-state index is 0.220. The van der Waals surface area contributed by atoms with Gasteiger partial charge in [-0.05, 0) is 12.1 Å². The van der Waals surface area contributed by atoms with Crippen molar-refractivity contribution < 1.29 is 0 Å². The van der Waals surface area contributed by atoms with Crippen molar-refractivity contribution in [2.45, 2.75) is 6.04 Å². The van der Waals surface area contributed by atoms with Gasteiger partial charge in [-0.2, -0.15) is 0 Å². The van der Waals surface area contributed by atoms with Gasteiger partial charge in [-0.15, -0.1) is 0 Å². The van der Waals surface area contributed by atoms with Crippen LogP contribution in [0.15, 0.2) is 24.3 Å². The summed E-state index contributed by atoms with van der Waals surface area (Å²) in [4.78, 5) is 4.45. The Balaban J connectivity index is 2.42. The van der Waals surface area contributed by atoms with Gasteiger partial charge in [0.1, 0.15) is 0 Å². The van der Waals surface area contributed by atoms with Gasteiger partial charge in [-0.3, -0.25) is 0 Å². The number of hydrogen-bond acceptors (Lipinski definition) is 3. The lowest BCUT2D eigenvalue weighted by Crippen LogP contribution is -2.40. The molecule has 0 radical (unpaired) electrons. The molecule has 0 aliphatic carbocycles. The molecule has 1 aliphatic rings. The lowest BCUT2D eigenvalue weighted by Gasteiger charge is -2.21. The largest absolute Gasteiger partial charge is 0.371 e. The topological polar surface area (TPSA) is 32.5 Å². The van der Waals surface area contributed by atoms with Gasteiger partial charge in [0.05, 0.1) is 11.4 Å². The van der Waals surface area contributed by atoms with Crippen LogP contribution in [0.25, 0.3) is 0 Å². The Morgan fingerprint density at radius 1 is 1.07 bits per heavy atom. The van der Waals surface area contributed by atoms with Crippen LogP contribution < -0.4 is 15.5 Å². The van der Waals surface area contributed by atoms with E-state index in [4.69, 9.17) is 5.73 Å². The molecule has 76 valence electrons. The average molecular weight is 191 g/mol. The average Bonchev–Trinajstić information content (AvgIpc) is 2.26. The van der Waals surface area contributed by atoms with Gasteiger partial charge in [-0.1, -0.05) is 12.1 Å². The lowest BCUT2D eigenvalue weighted by atomic mass is 10.2. The Morgan fingerprint density at radius 3 is 1.93 bits per heavy atom. The van der Waals surface area contributed by atoms with E-state index < -0.39 is 0 Å². The molecule has 0 saturated carbocycles. The highest BCUT2D eigenvalue weighted by atomic mass is 15.2. The minimum absolute atomic E-state index is 0.220. The van der Waals surface area contributed by atoms with Gasteiger partial charge >= 0.3 is 0 Å². The molecule has 3 heteroatoms. The maximum atomic E-state index is 6.01. The standard InChI is InChI=1S/C11H17N3/c1-13-7-9(12)8-14(2)11-6-4-3-5-10(11)13/h3-6,9H,7-8,12H2,1-2H3. The fraction of sp³-hybridized carbons (Fsp3) is 0.455. The normalized spacial score (nSPS) is 17.9. The van der Waals surface area contributed by atoms with Gasteiger partial charge in [0.25, 0.3) is 0 Å². The summed E-state index contributed by atoms with van der Waals surface area (Å²) in [5.74, 6) is 0. The molecule has 0 spiro atoms. The second kappa shape index (κ2) is 3.50. The highest BCUT2D eigenvalue weighted by Crippen LogP contribution is 2.29. The third-order valence-electron chi connectivity index (χ3n) is 2.72. The summed E-state index contributed by atoms with van der Waals surface area (Å²) >= 11 is 0. The zero-order valence-corrected chi connectivity index (χ0v) is 8.77. The Bertz CT molecular complexity index is 293. The number of rotatable bonds is 0. The number of hydrogen-bond donors (Lipinski definition) is 1. The van der Waals surface area contributed by atoms with Crippen molar-refractivity contribution in [1.82, 2.24) is 0 Å². The summed E-state index contributed by atoms with van der Waals surface area (Å²) in [5.41, 5.74) is 8.54. The summed E-state index contributed by atoms with van der Waals surface area (Å²) in [6, 6.07) is 8.64. The summed E-state index contributed by atoms with van der Waals surface area (Å²) in [5, 5.41) is 0. The van der Waals surface area contributed by atoms with Crippen LogP contribution in [0.5, 0.6) is 0 Å². The Labute approximate surface area is 85.1 Å². The van der Waals surface area contributed by atoms with Gasteiger partial charge in [0.2, 0.25) is 0 Å². The van der Waals surface area contributed by atoms with Gasteiger partial charge in [0.15, 0.2) is 0 Å². The molecule has 1 aromatic rings. The summed E-state index contributed by atoms with van der Waals surface area (Å²) in [6.07, 6.45) is 0. The number of fused-ring (bicyclic) bond motifs is 1. The Kier molecular flexibility index (Phi) is 2.33. The molecule has 0 unspecified atom stereocenters. The molecule has 1 aromatic carbocycles. The first-order valence-corrected chi connectivity index (χ1v) is 4.95. The number of likely N-dealkylation sites (N-methyl/N-ethyl adjacent to an activating group) is 2. The molecule has 0 saturated heterocycles. The summed E-state index contributed by atoms with van der Waals surface area (Å²) in [7, 11) is 4.19. The van der Waals surface area contributed by atoms with E-state index in [1.165, 1.54) is 11.4 Å². The zero-order valence-electron chi connectivity index (χ0n) is 8.77. The molecular formula is C11H17N3. The van der Waals surface area contributed by atoms with Crippen LogP contribution in [-0.4, -0.2) is 33.2 Å². The maximum Gasteiger partial charge on any atom is 0.0601 e. The van der Waals surface area contributed by atoms with Gasteiger partial charge in [0, 0.05) is 33.2 Å². The van der Waals surface area contributed by atoms with Crippen LogP contribution >= 0.6 is 0 Å². The van der Waals surface area contributed by atoms with Crippen molar-refractivity contribution in [3.63, 3.8) is 0 Å². The quantitative estimate of drug-likeness (QED) is 0.661. The summed E-state index contributed by atoms with van der Waals surface area (Å²) in [6.45, 7) is 1.84. The van der Waals surface area contributed by atoms with E-state index in [9.17, 15) is 0 Å². The number of nitrogens with two attached hydrogens (primary N) is 1. The van der Waals surface area contributed by atoms with Gasteiger partial charge in [-0.25, -0.2) is 0 Å². The predicted molar refractivity (Wildman–Crippen MR) is 61.0 cm³/mol. The van der Waals surface area contributed by atoms with E-state index in [0.717, 1.165) is 13.1 Å². The molecule has 0 atom stereocenters.